The summed E-state index contributed by atoms with van der Waals surface area (Å²) in [6.45, 7) is 0. The summed E-state index contributed by atoms with van der Waals surface area (Å²) in [5.41, 5.74) is 8.12. The number of aromatic nitrogens is 1. The number of hydrogen-bond acceptors (Lipinski definition) is 4. The minimum atomic E-state index is -1.06. The van der Waals surface area contributed by atoms with Gasteiger partial charge in [-0.05, 0) is 6.07 Å². The predicted molar refractivity (Wildman–Crippen MR) is 64.1 cm³/mol. The summed E-state index contributed by atoms with van der Waals surface area (Å²) in [5.74, 6) is 2.21. The van der Waals surface area contributed by atoms with Gasteiger partial charge in [-0.25, -0.2) is 18.6 Å². The van der Waals surface area contributed by atoms with E-state index in [4.69, 9.17) is 11.6 Å². The molecule has 5 N–H and O–H groups in total. The fourth-order valence-electron chi connectivity index (χ4n) is 1.82. The van der Waals surface area contributed by atoms with Gasteiger partial charge in [-0.15, -0.1) is 0 Å². The Bertz CT molecular complexity index is 580. The maximum absolute atomic E-state index is 13.7. The summed E-state index contributed by atoms with van der Waals surface area (Å²) in [4.78, 5) is 3.82. The SMILES string of the molecule is NNC(c1cnccc1N)c1c(F)cc(F)cc1F. The van der Waals surface area contributed by atoms with Crippen molar-refractivity contribution in [2.45, 2.75) is 6.04 Å². The molecular formula is C12H11F3N4. The lowest BCUT2D eigenvalue weighted by Gasteiger charge is -2.19. The van der Waals surface area contributed by atoms with Crippen LogP contribution < -0.4 is 17.0 Å². The second kappa shape index (κ2) is 5.25. The fourth-order valence-corrected chi connectivity index (χ4v) is 1.82. The first kappa shape index (κ1) is 13.3. The van der Waals surface area contributed by atoms with Gasteiger partial charge in [0, 0.05) is 41.3 Å². The zero-order chi connectivity index (χ0) is 14.0. The van der Waals surface area contributed by atoms with Crippen LogP contribution >= 0.6 is 0 Å². The van der Waals surface area contributed by atoms with E-state index in [-0.39, 0.29) is 5.69 Å². The first-order valence-corrected chi connectivity index (χ1v) is 5.34. The third kappa shape index (κ3) is 2.51. The van der Waals surface area contributed by atoms with Crippen molar-refractivity contribution in [2.75, 3.05) is 5.73 Å². The van der Waals surface area contributed by atoms with Gasteiger partial charge in [-0.2, -0.15) is 0 Å². The molecule has 100 valence electrons. The monoisotopic (exact) mass is 268 g/mol. The Morgan fingerprint density at radius 2 is 1.79 bits per heavy atom. The van der Waals surface area contributed by atoms with Gasteiger partial charge >= 0.3 is 0 Å². The molecule has 4 nitrogen and oxygen atoms in total. The number of anilines is 1. The van der Waals surface area contributed by atoms with E-state index >= 15 is 0 Å². The molecule has 1 heterocycles. The second-order valence-electron chi connectivity index (χ2n) is 3.89. The molecule has 0 radical (unpaired) electrons. The second-order valence-corrected chi connectivity index (χ2v) is 3.89. The first-order chi connectivity index (χ1) is 9.04. The van der Waals surface area contributed by atoms with Gasteiger partial charge in [0.2, 0.25) is 0 Å². The van der Waals surface area contributed by atoms with Gasteiger partial charge in [0.1, 0.15) is 17.5 Å². The van der Waals surface area contributed by atoms with Crippen molar-refractivity contribution in [1.29, 1.82) is 0 Å². The van der Waals surface area contributed by atoms with Crippen LogP contribution in [-0.4, -0.2) is 4.98 Å². The number of hydrogen-bond donors (Lipinski definition) is 3. The van der Waals surface area contributed by atoms with Crippen molar-refractivity contribution >= 4 is 5.69 Å². The maximum atomic E-state index is 13.7. The quantitative estimate of drug-likeness (QED) is 0.584. The molecule has 1 aromatic carbocycles. The Balaban J connectivity index is 2.58. The van der Waals surface area contributed by atoms with Crippen molar-refractivity contribution < 1.29 is 13.2 Å². The Labute approximate surface area is 107 Å². The van der Waals surface area contributed by atoms with Crippen molar-refractivity contribution in [3.05, 3.63) is 59.2 Å². The number of nitrogens with one attached hydrogen (secondary N) is 1. The van der Waals surface area contributed by atoms with E-state index in [1.165, 1.54) is 18.5 Å². The lowest BCUT2D eigenvalue weighted by atomic mass is 9.98. The molecule has 0 spiro atoms. The number of nitrogens with zero attached hydrogens (tertiary/aromatic N) is 1. The molecule has 0 amide bonds. The third-order valence-electron chi connectivity index (χ3n) is 2.70. The van der Waals surface area contributed by atoms with Crippen LogP contribution in [0.3, 0.4) is 0 Å². The highest BCUT2D eigenvalue weighted by Gasteiger charge is 2.23. The van der Waals surface area contributed by atoms with Crippen LogP contribution in [0.2, 0.25) is 0 Å². The van der Waals surface area contributed by atoms with E-state index < -0.39 is 29.1 Å². The zero-order valence-electron chi connectivity index (χ0n) is 9.70. The van der Waals surface area contributed by atoms with Crippen molar-refractivity contribution in [3.63, 3.8) is 0 Å². The number of halogens is 3. The van der Waals surface area contributed by atoms with Crippen LogP contribution in [-0.2, 0) is 0 Å². The molecule has 1 unspecified atom stereocenters. The van der Waals surface area contributed by atoms with E-state index in [1.54, 1.807) is 0 Å². The molecule has 7 heteroatoms. The average Bonchev–Trinajstić information content (AvgIpc) is 2.34. The number of benzene rings is 1. The van der Waals surface area contributed by atoms with Crippen molar-refractivity contribution in [2.24, 2.45) is 5.84 Å². The summed E-state index contributed by atoms with van der Waals surface area (Å²) >= 11 is 0. The van der Waals surface area contributed by atoms with Crippen LogP contribution in [0, 0.1) is 17.5 Å². The molecule has 0 fully saturated rings. The van der Waals surface area contributed by atoms with Gasteiger partial charge in [-0.3, -0.25) is 10.8 Å². The molecule has 0 saturated carbocycles. The van der Waals surface area contributed by atoms with Gasteiger partial charge in [0.15, 0.2) is 0 Å². The topological polar surface area (TPSA) is 77.0 Å². The molecule has 2 rings (SSSR count). The van der Waals surface area contributed by atoms with Gasteiger partial charge in [0.25, 0.3) is 0 Å². The molecule has 0 bridgehead atoms. The molecule has 0 aliphatic heterocycles. The van der Waals surface area contributed by atoms with Gasteiger partial charge in [-0.1, -0.05) is 0 Å². The largest absolute Gasteiger partial charge is 0.398 e. The highest BCUT2D eigenvalue weighted by atomic mass is 19.1. The lowest BCUT2D eigenvalue weighted by molar-refractivity contribution is 0.492. The molecule has 0 aliphatic rings. The van der Waals surface area contributed by atoms with Crippen LogP contribution in [0.5, 0.6) is 0 Å². The molecule has 19 heavy (non-hydrogen) atoms. The normalized spacial score (nSPS) is 12.4. The summed E-state index contributed by atoms with van der Waals surface area (Å²) in [7, 11) is 0. The summed E-state index contributed by atoms with van der Waals surface area (Å²) < 4.78 is 40.3. The number of rotatable bonds is 3. The van der Waals surface area contributed by atoms with E-state index in [0.29, 0.717) is 17.7 Å². The number of pyridine rings is 1. The van der Waals surface area contributed by atoms with Crippen molar-refractivity contribution in [1.82, 2.24) is 10.4 Å². The molecular weight excluding hydrogens is 257 g/mol. The Morgan fingerprint density at radius 1 is 1.16 bits per heavy atom. The summed E-state index contributed by atoms with van der Waals surface area (Å²) in [6.07, 6.45) is 2.77. The Kier molecular flexibility index (Phi) is 3.68. The minimum Gasteiger partial charge on any atom is -0.398 e. The number of nitrogens with two attached hydrogens (primary N) is 2. The van der Waals surface area contributed by atoms with Crippen molar-refractivity contribution in [3.8, 4) is 0 Å². The highest BCUT2D eigenvalue weighted by Crippen LogP contribution is 2.29. The van der Waals surface area contributed by atoms with E-state index in [2.05, 4.69) is 10.4 Å². The van der Waals surface area contributed by atoms with Gasteiger partial charge < -0.3 is 5.73 Å². The van der Waals surface area contributed by atoms with E-state index in [1.807, 2.05) is 0 Å². The number of hydrazine groups is 1. The lowest BCUT2D eigenvalue weighted by Crippen LogP contribution is -2.31. The summed E-state index contributed by atoms with van der Waals surface area (Å²) in [6, 6.07) is 1.57. The molecule has 1 aromatic heterocycles. The van der Waals surface area contributed by atoms with E-state index in [9.17, 15) is 13.2 Å². The molecule has 0 aliphatic carbocycles. The highest BCUT2D eigenvalue weighted by molar-refractivity contribution is 5.49. The maximum Gasteiger partial charge on any atom is 0.134 e. The van der Waals surface area contributed by atoms with Crippen LogP contribution in [0.25, 0.3) is 0 Å². The smallest absolute Gasteiger partial charge is 0.134 e. The number of nitrogen functional groups attached to an aromatic ring is 1. The third-order valence-corrected chi connectivity index (χ3v) is 2.70. The molecule has 0 saturated heterocycles. The molecule has 1 atom stereocenters. The minimum absolute atomic E-state index is 0.265. The molecule has 2 aromatic rings. The van der Waals surface area contributed by atoms with Crippen LogP contribution in [0.15, 0.2) is 30.6 Å². The predicted octanol–water partition coefficient (Wildman–Crippen LogP) is 1.63. The summed E-state index contributed by atoms with van der Waals surface area (Å²) in [5, 5.41) is 0. The first-order valence-electron chi connectivity index (χ1n) is 5.34. The Morgan fingerprint density at radius 3 is 2.32 bits per heavy atom. The Hall–Kier alpha value is -2.12. The average molecular weight is 268 g/mol. The fraction of sp³-hybridized carbons (Fsp3) is 0.0833. The van der Waals surface area contributed by atoms with Crippen LogP contribution in [0.1, 0.15) is 17.2 Å². The van der Waals surface area contributed by atoms with Crippen LogP contribution in [0.4, 0.5) is 18.9 Å². The van der Waals surface area contributed by atoms with Gasteiger partial charge in [0.05, 0.1) is 6.04 Å². The zero-order valence-corrected chi connectivity index (χ0v) is 9.70. The standard InChI is InChI=1S/C12H11F3N4/c13-6-3-8(14)11(9(15)4-6)12(19-17)7-5-18-2-1-10(7)16/h1-5,12,19H,17H2,(H2,16,18). The van der Waals surface area contributed by atoms with E-state index in [0.717, 1.165) is 0 Å².